The van der Waals surface area contributed by atoms with Gasteiger partial charge in [0.05, 0.1) is 7.11 Å². The van der Waals surface area contributed by atoms with Crippen LogP contribution in [0.25, 0.3) is 0 Å². The molecule has 102 valence electrons. The van der Waals surface area contributed by atoms with Crippen LogP contribution in [0.4, 0.5) is 0 Å². The number of nitrogens with two attached hydrogens (primary N) is 1. The van der Waals surface area contributed by atoms with Gasteiger partial charge >= 0.3 is 0 Å². The largest absolute Gasteiger partial charge is 0.496 e. The van der Waals surface area contributed by atoms with Crippen LogP contribution in [-0.4, -0.2) is 7.11 Å². The molecule has 3 nitrogen and oxygen atoms in total. The molecule has 0 bridgehead atoms. The summed E-state index contributed by atoms with van der Waals surface area (Å²) >= 11 is 0. The molecule has 0 fully saturated rings. The standard InChI is InChI=1S/C15H26N2O/c1-5-12(6-2)10-14(17-16)13-8-7-11(3)9-15(13)18-4/h7-9,12,14,17H,5-6,10,16H2,1-4H3. The van der Waals surface area contributed by atoms with E-state index in [4.69, 9.17) is 10.6 Å². The molecule has 1 aromatic rings. The average Bonchev–Trinajstić information content (AvgIpc) is 2.41. The van der Waals surface area contributed by atoms with Crippen LogP contribution in [0.1, 0.15) is 50.3 Å². The summed E-state index contributed by atoms with van der Waals surface area (Å²) in [4.78, 5) is 0. The van der Waals surface area contributed by atoms with E-state index < -0.39 is 0 Å². The van der Waals surface area contributed by atoms with Gasteiger partial charge in [-0.05, 0) is 30.9 Å². The summed E-state index contributed by atoms with van der Waals surface area (Å²) in [7, 11) is 1.71. The summed E-state index contributed by atoms with van der Waals surface area (Å²) in [5.74, 6) is 7.33. The highest BCUT2D eigenvalue weighted by atomic mass is 16.5. The zero-order valence-corrected chi connectivity index (χ0v) is 12.0. The molecule has 0 saturated carbocycles. The quantitative estimate of drug-likeness (QED) is 0.576. The van der Waals surface area contributed by atoms with Gasteiger partial charge in [-0.3, -0.25) is 11.3 Å². The van der Waals surface area contributed by atoms with Crippen molar-refractivity contribution in [3.63, 3.8) is 0 Å². The third-order valence-corrected chi connectivity index (χ3v) is 3.69. The minimum Gasteiger partial charge on any atom is -0.496 e. The van der Waals surface area contributed by atoms with Crippen molar-refractivity contribution in [2.45, 2.75) is 46.1 Å². The zero-order valence-electron chi connectivity index (χ0n) is 12.0. The summed E-state index contributed by atoms with van der Waals surface area (Å²) < 4.78 is 5.46. The van der Waals surface area contributed by atoms with Gasteiger partial charge in [0.15, 0.2) is 0 Å². The molecule has 3 N–H and O–H groups in total. The van der Waals surface area contributed by atoms with E-state index in [9.17, 15) is 0 Å². The zero-order chi connectivity index (χ0) is 13.5. The van der Waals surface area contributed by atoms with E-state index in [-0.39, 0.29) is 6.04 Å². The second-order valence-corrected chi connectivity index (χ2v) is 4.88. The van der Waals surface area contributed by atoms with Crippen LogP contribution in [0.15, 0.2) is 18.2 Å². The van der Waals surface area contributed by atoms with E-state index in [2.05, 4.69) is 44.4 Å². The van der Waals surface area contributed by atoms with Gasteiger partial charge in [0.25, 0.3) is 0 Å². The molecule has 0 aliphatic rings. The molecule has 0 aromatic heterocycles. The van der Waals surface area contributed by atoms with Crippen molar-refractivity contribution >= 4 is 0 Å². The molecular formula is C15H26N2O. The van der Waals surface area contributed by atoms with Crippen molar-refractivity contribution in [2.24, 2.45) is 11.8 Å². The molecule has 1 aromatic carbocycles. The summed E-state index contributed by atoms with van der Waals surface area (Å²) in [6, 6.07) is 6.44. The molecule has 0 saturated heterocycles. The second-order valence-electron chi connectivity index (χ2n) is 4.88. The highest BCUT2D eigenvalue weighted by molar-refractivity contribution is 5.39. The number of benzene rings is 1. The number of aryl methyl sites for hydroxylation is 1. The highest BCUT2D eigenvalue weighted by Crippen LogP contribution is 2.31. The first-order valence-corrected chi connectivity index (χ1v) is 6.76. The van der Waals surface area contributed by atoms with E-state index in [1.807, 2.05) is 0 Å². The highest BCUT2D eigenvalue weighted by Gasteiger charge is 2.18. The maximum atomic E-state index is 5.72. The van der Waals surface area contributed by atoms with Gasteiger partial charge in [-0.1, -0.05) is 38.8 Å². The molecule has 0 amide bonds. The van der Waals surface area contributed by atoms with Crippen molar-refractivity contribution in [1.29, 1.82) is 0 Å². The van der Waals surface area contributed by atoms with Crippen molar-refractivity contribution in [3.8, 4) is 5.75 Å². The molecule has 1 rings (SSSR count). The lowest BCUT2D eigenvalue weighted by atomic mass is 9.90. The number of nitrogens with one attached hydrogen (secondary N) is 1. The fraction of sp³-hybridized carbons (Fsp3) is 0.600. The van der Waals surface area contributed by atoms with E-state index in [1.54, 1.807) is 7.11 Å². The molecule has 0 aliphatic heterocycles. The Morgan fingerprint density at radius 2 is 1.94 bits per heavy atom. The van der Waals surface area contributed by atoms with Crippen LogP contribution < -0.4 is 16.0 Å². The monoisotopic (exact) mass is 250 g/mol. The summed E-state index contributed by atoms with van der Waals surface area (Å²) in [6.07, 6.45) is 3.41. The molecule has 18 heavy (non-hydrogen) atoms. The third kappa shape index (κ3) is 3.72. The molecule has 0 aliphatic carbocycles. The Balaban J connectivity index is 2.93. The first kappa shape index (κ1) is 15.0. The average molecular weight is 250 g/mol. The molecule has 0 spiro atoms. The van der Waals surface area contributed by atoms with Gasteiger partial charge in [0.2, 0.25) is 0 Å². The summed E-state index contributed by atoms with van der Waals surface area (Å²) in [5, 5.41) is 0. The fourth-order valence-corrected chi connectivity index (χ4v) is 2.35. The van der Waals surface area contributed by atoms with Crippen molar-refractivity contribution < 1.29 is 4.74 Å². The third-order valence-electron chi connectivity index (χ3n) is 3.69. The van der Waals surface area contributed by atoms with Gasteiger partial charge in [-0.25, -0.2) is 0 Å². The predicted octanol–water partition coefficient (Wildman–Crippen LogP) is 3.33. The van der Waals surface area contributed by atoms with Crippen molar-refractivity contribution in [2.75, 3.05) is 7.11 Å². The lowest BCUT2D eigenvalue weighted by Gasteiger charge is -2.23. The Morgan fingerprint density at radius 1 is 1.28 bits per heavy atom. The molecule has 0 radical (unpaired) electrons. The van der Waals surface area contributed by atoms with Crippen LogP contribution >= 0.6 is 0 Å². The van der Waals surface area contributed by atoms with E-state index in [1.165, 1.54) is 18.4 Å². The van der Waals surface area contributed by atoms with E-state index in [0.29, 0.717) is 5.92 Å². The summed E-state index contributed by atoms with van der Waals surface area (Å²) in [5.41, 5.74) is 5.28. The number of methoxy groups -OCH3 is 1. The van der Waals surface area contributed by atoms with Crippen LogP contribution in [0.2, 0.25) is 0 Å². The van der Waals surface area contributed by atoms with E-state index >= 15 is 0 Å². The Bertz CT molecular complexity index is 362. The van der Waals surface area contributed by atoms with Crippen LogP contribution in [0, 0.1) is 12.8 Å². The summed E-state index contributed by atoms with van der Waals surface area (Å²) in [6.45, 7) is 6.53. The molecule has 0 heterocycles. The second kappa shape index (κ2) is 7.39. The van der Waals surface area contributed by atoms with Gasteiger partial charge in [-0.2, -0.15) is 0 Å². The number of rotatable bonds is 7. The molecular weight excluding hydrogens is 224 g/mol. The Labute approximate surface area is 111 Å². The van der Waals surface area contributed by atoms with E-state index in [0.717, 1.165) is 17.7 Å². The Morgan fingerprint density at radius 3 is 2.44 bits per heavy atom. The molecule has 1 unspecified atom stereocenters. The van der Waals surface area contributed by atoms with Crippen LogP contribution in [0.5, 0.6) is 5.75 Å². The van der Waals surface area contributed by atoms with Crippen molar-refractivity contribution in [1.82, 2.24) is 5.43 Å². The normalized spacial score (nSPS) is 12.8. The molecule has 3 heteroatoms. The Kier molecular flexibility index (Phi) is 6.16. The predicted molar refractivity (Wildman–Crippen MR) is 76.5 cm³/mol. The van der Waals surface area contributed by atoms with Gasteiger partial charge in [-0.15, -0.1) is 0 Å². The number of hydrogen-bond donors (Lipinski definition) is 2. The lowest BCUT2D eigenvalue weighted by molar-refractivity contribution is 0.355. The van der Waals surface area contributed by atoms with Crippen LogP contribution in [-0.2, 0) is 0 Å². The SMILES string of the molecule is CCC(CC)CC(NN)c1ccc(C)cc1OC. The topological polar surface area (TPSA) is 47.3 Å². The van der Waals surface area contributed by atoms with Gasteiger partial charge in [0.1, 0.15) is 5.75 Å². The maximum Gasteiger partial charge on any atom is 0.123 e. The maximum absolute atomic E-state index is 5.72. The first-order chi connectivity index (χ1) is 8.65. The van der Waals surface area contributed by atoms with Crippen molar-refractivity contribution in [3.05, 3.63) is 29.3 Å². The Hall–Kier alpha value is -1.06. The number of hydrazine groups is 1. The van der Waals surface area contributed by atoms with Gasteiger partial charge in [0, 0.05) is 11.6 Å². The first-order valence-electron chi connectivity index (χ1n) is 6.76. The van der Waals surface area contributed by atoms with Gasteiger partial charge < -0.3 is 4.74 Å². The van der Waals surface area contributed by atoms with Crippen LogP contribution in [0.3, 0.4) is 0 Å². The number of ether oxygens (including phenoxy) is 1. The lowest BCUT2D eigenvalue weighted by Crippen LogP contribution is -2.30. The number of hydrogen-bond acceptors (Lipinski definition) is 3. The molecule has 1 atom stereocenters. The smallest absolute Gasteiger partial charge is 0.123 e. The minimum absolute atomic E-state index is 0.158. The fourth-order valence-electron chi connectivity index (χ4n) is 2.35. The minimum atomic E-state index is 0.158.